The van der Waals surface area contributed by atoms with Crippen LogP contribution in [0, 0.1) is 5.92 Å². The molecular formula is C13H22N4O. The smallest absolute Gasteiger partial charge is 0.271 e. The molecule has 5 heteroatoms. The van der Waals surface area contributed by atoms with E-state index in [0.29, 0.717) is 17.4 Å². The van der Waals surface area contributed by atoms with Gasteiger partial charge in [-0.05, 0) is 19.3 Å². The Balaban J connectivity index is 2.53. The molecule has 1 amide bonds. The fourth-order valence-corrected chi connectivity index (χ4v) is 1.70. The summed E-state index contributed by atoms with van der Waals surface area (Å²) in [7, 11) is 1.76. The minimum atomic E-state index is -0.166. The van der Waals surface area contributed by atoms with Crippen LogP contribution in [0.2, 0.25) is 0 Å². The van der Waals surface area contributed by atoms with Crippen molar-refractivity contribution in [1.29, 1.82) is 0 Å². The van der Waals surface area contributed by atoms with Gasteiger partial charge >= 0.3 is 0 Å². The molecule has 1 heterocycles. The second-order valence-electron chi connectivity index (χ2n) is 4.66. The van der Waals surface area contributed by atoms with Gasteiger partial charge in [0.15, 0.2) is 0 Å². The van der Waals surface area contributed by atoms with E-state index in [0.717, 1.165) is 12.8 Å². The molecule has 18 heavy (non-hydrogen) atoms. The highest BCUT2D eigenvalue weighted by Crippen LogP contribution is 2.09. The zero-order valence-electron chi connectivity index (χ0n) is 11.5. The highest BCUT2D eigenvalue weighted by molar-refractivity contribution is 5.92. The van der Waals surface area contributed by atoms with Gasteiger partial charge in [0.05, 0.1) is 12.4 Å². The summed E-state index contributed by atoms with van der Waals surface area (Å²) >= 11 is 0. The van der Waals surface area contributed by atoms with Gasteiger partial charge in [0.2, 0.25) is 0 Å². The van der Waals surface area contributed by atoms with Crippen LogP contribution < -0.4 is 10.6 Å². The van der Waals surface area contributed by atoms with Gasteiger partial charge in [-0.15, -0.1) is 0 Å². The first-order valence-electron chi connectivity index (χ1n) is 6.37. The van der Waals surface area contributed by atoms with Crippen molar-refractivity contribution in [2.75, 3.05) is 12.4 Å². The molecule has 0 aliphatic carbocycles. The van der Waals surface area contributed by atoms with E-state index in [2.05, 4.69) is 34.4 Å². The van der Waals surface area contributed by atoms with E-state index in [1.54, 1.807) is 13.2 Å². The summed E-state index contributed by atoms with van der Waals surface area (Å²) in [4.78, 5) is 20.0. The monoisotopic (exact) mass is 250 g/mol. The van der Waals surface area contributed by atoms with Crippen molar-refractivity contribution >= 4 is 11.7 Å². The zero-order chi connectivity index (χ0) is 13.5. The van der Waals surface area contributed by atoms with E-state index in [1.165, 1.54) is 6.20 Å². The summed E-state index contributed by atoms with van der Waals surface area (Å²) in [6, 6.07) is 0.151. The molecule has 0 radical (unpaired) electrons. The van der Waals surface area contributed by atoms with Crippen molar-refractivity contribution in [2.24, 2.45) is 5.92 Å². The summed E-state index contributed by atoms with van der Waals surface area (Å²) in [6.07, 6.45) is 5.13. The van der Waals surface area contributed by atoms with Gasteiger partial charge in [-0.3, -0.25) is 4.79 Å². The van der Waals surface area contributed by atoms with Crippen molar-refractivity contribution in [3.63, 3.8) is 0 Å². The lowest BCUT2D eigenvalue weighted by atomic mass is 10.0. The van der Waals surface area contributed by atoms with E-state index < -0.39 is 0 Å². The van der Waals surface area contributed by atoms with Crippen LogP contribution in [0.4, 0.5) is 5.82 Å². The lowest BCUT2D eigenvalue weighted by Crippen LogP contribution is -2.34. The number of nitrogens with zero attached hydrogens (tertiary/aromatic N) is 2. The number of hydrogen-bond acceptors (Lipinski definition) is 4. The minimum Gasteiger partial charge on any atom is -0.372 e. The first kappa shape index (κ1) is 14.4. The number of nitrogens with one attached hydrogen (secondary N) is 2. The summed E-state index contributed by atoms with van der Waals surface area (Å²) in [6.45, 7) is 6.35. The molecule has 0 fully saturated rings. The minimum absolute atomic E-state index is 0.151. The fourth-order valence-electron chi connectivity index (χ4n) is 1.70. The van der Waals surface area contributed by atoms with Crippen LogP contribution in [0.25, 0.3) is 0 Å². The lowest BCUT2D eigenvalue weighted by molar-refractivity contribution is 0.0930. The molecule has 0 bridgehead atoms. The van der Waals surface area contributed by atoms with Crippen LogP contribution in [-0.2, 0) is 0 Å². The molecule has 1 aromatic rings. The molecule has 5 nitrogen and oxygen atoms in total. The Hall–Kier alpha value is -1.65. The van der Waals surface area contributed by atoms with E-state index in [-0.39, 0.29) is 11.9 Å². The molecule has 0 aromatic carbocycles. The van der Waals surface area contributed by atoms with Gasteiger partial charge in [0.25, 0.3) is 5.91 Å². The molecule has 1 aromatic heterocycles. The predicted molar refractivity (Wildman–Crippen MR) is 72.6 cm³/mol. The maximum atomic E-state index is 11.9. The van der Waals surface area contributed by atoms with E-state index in [1.807, 2.05) is 6.92 Å². The molecular weight excluding hydrogens is 228 g/mol. The van der Waals surface area contributed by atoms with Gasteiger partial charge in [0, 0.05) is 13.1 Å². The van der Waals surface area contributed by atoms with Crippen molar-refractivity contribution in [2.45, 2.75) is 39.7 Å². The Bertz CT molecular complexity index is 377. The first-order chi connectivity index (χ1) is 8.56. The third kappa shape index (κ3) is 4.31. The molecule has 0 aliphatic heterocycles. The topological polar surface area (TPSA) is 66.9 Å². The Morgan fingerprint density at radius 3 is 2.56 bits per heavy atom. The molecule has 1 rings (SSSR count). The summed E-state index contributed by atoms with van der Waals surface area (Å²) in [5.41, 5.74) is 0.352. The van der Waals surface area contributed by atoms with Crippen molar-refractivity contribution < 1.29 is 4.79 Å². The molecule has 2 unspecified atom stereocenters. The summed E-state index contributed by atoms with van der Waals surface area (Å²) in [5, 5.41) is 5.80. The summed E-state index contributed by atoms with van der Waals surface area (Å²) in [5.74, 6) is 1.10. The predicted octanol–water partition coefficient (Wildman–Crippen LogP) is 2.07. The number of anilines is 1. The Kier molecular flexibility index (Phi) is 5.55. The quantitative estimate of drug-likeness (QED) is 0.811. The van der Waals surface area contributed by atoms with Crippen molar-refractivity contribution in [3.8, 4) is 0 Å². The molecule has 0 saturated heterocycles. The summed E-state index contributed by atoms with van der Waals surface area (Å²) < 4.78 is 0. The molecule has 0 spiro atoms. The van der Waals surface area contributed by atoms with Gasteiger partial charge in [-0.25, -0.2) is 9.97 Å². The molecule has 100 valence electrons. The first-order valence-corrected chi connectivity index (χ1v) is 6.37. The average Bonchev–Trinajstić information content (AvgIpc) is 2.38. The van der Waals surface area contributed by atoms with Crippen molar-refractivity contribution in [1.82, 2.24) is 15.3 Å². The second-order valence-corrected chi connectivity index (χ2v) is 4.66. The Labute approximate surface area is 108 Å². The standard InChI is InChI=1S/C13H22N4O/c1-5-9(2)6-10(3)17-13(18)11-7-16-12(14-4)8-15-11/h7-10H,5-6H2,1-4H3,(H,14,16)(H,17,18). The Morgan fingerprint density at radius 2 is 2.06 bits per heavy atom. The fraction of sp³-hybridized carbons (Fsp3) is 0.615. The maximum absolute atomic E-state index is 11.9. The zero-order valence-corrected chi connectivity index (χ0v) is 11.5. The van der Waals surface area contributed by atoms with Gasteiger partial charge in [-0.2, -0.15) is 0 Å². The highest BCUT2D eigenvalue weighted by Gasteiger charge is 2.13. The third-order valence-corrected chi connectivity index (χ3v) is 2.97. The molecule has 0 saturated carbocycles. The van der Waals surface area contributed by atoms with Crippen LogP contribution >= 0.6 is 0 Å². The number of carbonyl (C=O) groups is 1. The second kappa shape index (κ2) is 6.93. The number of carbonyl (C=O) groups excluding carboxylic acids is 1. The maximum Gasteiger partial charge on any atom is 0.271 e. The SMILES string of the molecule is CCC(C)CC(C)NC(=O)c1cnc(NC)cn1. The number of amides is 1. The highest BCUT2D eigenvalue weighted by atomic mass is 16.1. The van der Waals surface area contributed by atoms with Gasteiger partial charge in [0.1, 0.15) is 11.5 Å². The van der Waals surface area contributed by atoms with Crippen molar-refractivity contribution in [3.05, 3.63) is 18.1 Å². The molecule has 2 N–H and O–H groups in total. The van der Waals surface area contributed by atoms with Crippen LogP contribution in [0.5, 0.6) is 0 Å². The van der Waals surface area contributed by atoms with Crippen LogP contribution in [0.1, 0.15) is 44.1 Å². The Morgan fingerprint density at radius 1 is 1.33 bits per heavy atom. The molecule has 2 atom stereocenters. The third-order valence-electron chi connectivity index (χ3n) is 2.97. The van der Waals surface area contributed by atoms with E-state index in [4.69, 9.17) is 0 Å². The van der Waals surface area contributed by atoms with E-state index in [9.17, 15) is 4.79 Å². The van der Waals surface area contributed by atoms with Gasteiger partial charge in [-0.1, -0.05) is 20.3 Å². The number of aromatic nitrogens is 2. The normalized spacial score (nSPS) is 13.8. The van der Waals surface area contributed by atoms with Crippen LogP contribution in [0.3, 0.4) is 0 Å². The number of rotatable bonds is 6. The molecule has 0 aliphatic rings. The van der Waals surface area contributed by atoms with Crippen LogP contribution in [0.15, 0.2) is 12.4 Å². The van der Waals surface area contributed by atoms with Gasteiger partial charge < -0.3 is 10.6 Å². The largest absolute Gasteiger partial charge is 0.372 e. The van der Waals surface area contributed by atoms with E-state index >= 15 is 0 Å². The number of hydrogen-bond donors (Lipinski definition) is 2. The van der Waals surface area contributed by atoms with Crippen LogP contribution in [-0.4, -0.2) is 29.0 Å². The lowest BCUT2D eigenvalue weighted by Gasteiger charge is -2.17. The average molecular weight is 250 g/mol.